The molecule has 0 bridgehead atoms. The number of fused-ring (bicyclic) bond motifs is 1. The monoisotopic (exact) mass is 504 g/mol. The van der Waals surface area contributed by atoms with Gasteiger partial charge in [0.25, 0.3) is 0 Å². The Balaban J connectivity index is 1.41. The van der Waals surface area contributed by atoms with Gasteiger partial charge < -0.3 is 0 Å². The summed E-state index contributed by atoms with van der Waals surface area (Å²) in [5, 5.41) is 0. The van der Waals surface area contributed by atoms with Crippen LogP contribution in [0, 0.1) is 42.9 Å². The van der Waals surface area contributed by atoms with E-state index in [1.54, 1.807) is 5.56 Å². The maximum atomic E-state index is 4.61. The Hall–Kier alpha value is -2.60. The van der Waals surface area contributed by atoms with Gasteiger partial charge in [-0.25, -0.2) is 0 Å². The van der Waals surface area contributed by atoms with Gasteiger partial charge in [0.15, 0.2) is 0 Å². The van der Waals surface area contributed by atoms with E-state index in [4.69, 9.17) is 0 Å². The van der Waals surface area contributed by atoms with Crippen LogP contribution in [0.2, 0.25) is 0 Å². The lowest BCUT2D eigenvalue weighted by atomic mass is 9.71. The van der Waals surface area contributed by atoms with E-state index < -0.39 is 0 Å². The molecule has 0 aliphatic heterocycles. The van der Waals surface area contributed by atoms with Crippen LogP contribution >= 0.6 is 0 Å². The molecular formula is C38H48. The molecule has 200 valence electrons. The summed E-state index contributed by atoms with van der Waals surface area (Å²) in [4.78, 5) is 0. The van der Waals surface area contributed by atoms with Crippen LogP contribution in [0.5, 0.6) is 0 Å². The lowest BCUT2D eigenvalue weighted by Crippen LogP contribution is -2.21. The quantitative estimate of drug-likeness (QED) is 0.343. The third-order valence-corrected chi connectivity index (χ3v) is 9.39. The first-order valence-corrected chi connectivity index (χ1v) is 15.0. The number of allylic oxidation sites excluding steroid dienone is 5. The van der Waals surface area contributed by atoms with E-state index >= 15 is 0 Å². The van der Waals surface area contributed by atoms with Gasteiger partial charge in [-0.2, -0.15) is 0 Å². The average molecular weight is 505 g/mol. The van der Waals surface area contributed by atoms with Crippen molar-refractivity contribution in [3.63, 3.8) is 0 Å². The van der Waals surface area contributed by atoms with Gasteiger partial charge in [-0.05, 0) is 114 Å². The molecule has 2 aromatic carbocycles. The number of benzene rings is 2. The normalized spacial score (nSPS) is 25.2. The molecule has 3 aliphatic rings. The second-order valence-electron chi connectivity index (χ2n) is 14.1. The highest BCUT2D eigenvalue weighted by Gasteiger charge is 2.30. The Kier molecular flexibility index (Phi) is 7.47. The largest absolute Gasteiger partial charge is 0.0986 e. The summed E-state index contributed by atoms with van der Waals surface area (Å²) in [5.74, 6) is 2.50. The van der Waals surface area contributed by atoms with Gasteiger partial charge in [0.2, 0.25) is 0 Å². The molecule has 0 N–H and O–H groups in total. The first-order chi connectivity index (χ1) is 18.0. The fraction of sp³-hybridized carbons (Fsp3) is 0.474. The summed E-state index contributed by atoms with van der Waals surface area (Å²) in [6, 6.07) is 11.8. The molecule has 0 amide bonds. The van der Waals surface area contributed by atoms with Crippen LogP contribution in [-0.2, 0) is 12.8 Å². The standard InChI is InChI=1S/C38H48/c1-24-12-14-29(17-24)20-35-27(4)16-25(2)18-37(35)33-11-9-10-31-19-30(22-36(31)33)21-34-26(3)13-15-32(28(34)5)23-38(6,7)8/h9-11,13,15-16,18-19,24,29,32,34H,3,5,12,14,17,20-23H2,1-2,4,6-8H3/t24-,29+,32?,34?/m0/s1. The summed E-state index contributed by atoms with van der Waals surface area (Å²) in [7, 11) is 0. The minimum atomic E-state index is 0.291. The molecule has 0 heterocycles. The van der Waals surface area contributed by atoms with Crippen molar-refractivity contribution in [1.82, 2.24) is 0 Å². The van der Waals surface area contributed by atoms with E-state index in [0.29, 0.717) is 17.3 Å². The van der Waals surface area contributed by atoms with E-state index in [2.05, 4.69) is 103 Å². The third kappa shape index (κ3) is 5.70. The van der Waals surface area contributed by atoms with Crippen molar-refractivity contribution in [3.8, 4) is 11.1 Å². The summed E-state index contributed by atoms with van der Waals surface area (Å²) >= 11 is 0. The van der Waals surface area contributed by atoms with Gasteiger partial charge >= 0.3 is 0 Å². The molecule has 4 atom stereocenters. The molecule has 0 nitrogen and oxygen atoms in total. The van der Waals surface area contributed by atoms with Gasteiger partial charge in [-0.1, -0.05) is 113 Å². The first-order valence-electron chi connectivity index (χ1n) is 15.0. The third-order valence-electron chi connectivity index (χ3n) is 9.39. The first kappa shape index (κ1) is 27.0. The average Bonchev–Trinajstić information content (AvgIpc) is 3.44. The highest BCUT2D eigenvalue weighted by atomic mass is 14.3. The Morgan fingerprint density at radius 2 is 1.76 bits per heavy atom. The summed E-state index contributed by atoms with van der Waals surface area (Å²) in [5.41, 5.74) is 14.7. The second-order valence-corrected chi connectivity index (χ2v) is 14.1. The molecule has 2 unspecified atom stereocenters. The Labute approximate surface area is 232 Å². The molecule has 3 aliphatic carbocycles. The molecular weight excluding hydrogens is 456 g/mol. The molecule has 1 saturated carbocycles. The predicted molar refractivity (Wildman–Crippen MR) is 166 cm³/mol. The lowest BCUT2D eigenvalue weighted by molar-refractivity contribution is 0.334. The molecule has 0 heteroatoms. The maximum Gasteiger partial charge on any atom is 0.00827 e. The van der Waals surface area contributed by atoms with Crippen molar-refractivity contribution >= 4 is 6.08 Å². The van der Waals surface area contributed by atoms with Gasteiger partial charge in [-0.15, -0.1) is 0 Å². The van der Waals surface area contributed by atoms with Crippen molar-refractivity contribution in [1.29, 1.82) is 0 Å². The van der Waals surface area contributed by atoms with Crippen molar-refractivity contribution in [2.24, 2.45) is 29.1 Å². The fourth-order valence-corrected chi connectivity index (χ4v) is 7.49. The highest BCUT2D eigenvalue weighted by Crippen LogP contribution is 2.44. The molecule has 2 aromatic rings. The number of hydrogen-bond donors (Lipinski definition) is 0. The topological polar surface area (TPSA) is 0 Å². The van der Waals surface area contributed by atoms with Crippen molar-refractivity contribution < 1.29 is 0 Å². The lowest BCUT2D eigenvalue weighted by Gasteiger charge is -2.33. The number of aryl methyl sites for hydroxylation is 2. The zero-order valence-corrected chi connectivity index (χ0v) is 24.8. The summed E-state index contributed by atoms with van der Waals surface area (Å²) in [6.45, 7) is 23.1. The fourth-order valence-electron chi connectivity index (χ4n) is 7.49. The zero-order valence-electron chi connectivity index (χ0n) is 24.8. The molecule has 1 fully saturated rings. The summed E-state index contributed by atoms with van der Waals surface area (Å²) < 4.78 is 0. The van der Waals surface area contributed by atoms with Crippen LogP contribution in [0.3, 0.4) is 0 Å². The van der Waals surface area contributed by atoms with Crippen molar-refractivity contribution in [2.75, 3.05) is 0 Å². The van der Waals surface area contributed by atoms with Gasteiger partial charge in [0.05, 0.1) is 0 Å². The van der Waals surface area contributed by atoms with Crippen LogP contribution in [0.15, 0.2) is 72.4 Å². The van der Waals surface area contributed by atoms with Gasteiger partial charge in [0, 0.05) is 5.92 Å². The van der Waals surface area contributed by atoms with Crippen LogP contribution < -0.4 is 0 Å². The van der Waals surface area contributed by atoms with Crippen LogP contribution in [-0.4, -0.2) is 0 Å². The molecule has 0 aromatic heterocycles. The van der Waals surface area contributed by atoms with Crippen molar-refractivity contribution in [3.05, 3.63) is 100 Å². The highest BCUT2D eigenvalue weighted by molar-refractivity contribution is 5.80. The van der Waals surface area contributed by atoms with Crippen LogP contribution in [0.4, 0.5) is 0 Å². The minimum absolute atomic E-state index is 0.291. The van der Waals surface area contributed by atoms with Gasteiger partial charge in [-0.3, -0.25) is 0 Å². The molecule has 0 saturated heterocycles. The van der Waals surface area contributed by atoms with E-state index in [9.17, 15) is 0 Å². The van der Waals surface area contributed by atoms with Crippen LogP contribution in [0.1, 0.15) is 87.6 Å². The Bertz CT molecular complexity index is 1300. The molecule has 0 spiro atoms. The van der Waals surface area contributed by atoms with E-state index in [1.807, 2.05) is 0 Å². The number of hydrogen-bond acceptors (Lipinski definition) is 0. The van der Waals surface area contributed by atoms with E-state index in [0.717, 1.165) is 31.1 Å². The summed E-state index contributed by atoms with van der Waals surface area (Å²) in [6.07, 6.45) is 15.7. The molecule has 38 heavy (non-hydrogen) atoms. The minimum Gasteiger partial charge on any atom is -0.0986 e. The SMILES string of the molecule is C=C1C=CC(CC(C)(C)C)C(=C)C1CC1=Cc2cccc(-c3cc(C)cc(C)c3C[C@@H]3CC[C@H](C)C3)c2C1. The molecule has 0 radical (unpaired) electrons. The maximum absolute atomic E-state index is 4.61. The number of rotatable bonds is 6. The van der Waals surface area contributed by atoms with Crippen molar-refractivity contribution in [2.45, 2.75) is 86.5 Å². The van der Waals surface area contributed by atoms with Gasteiger partial charge in [0.1, 0.15) is 0 Å². The van der Waals surface area contributed by atoms with Crippen LogP contribution in [0.25, 0.3) is 17.2 Å². The smallest absolute Gasteiger partial charge is 0.00827 e. The Morgan fingerprint density at radius 1 is 0.974 bits per heavy atom. The zero-order chi connectivity index (χ0) is 27.2. The van der Waals surface area contributed by atoms with E-state index in [-0.39, 0.29) is 0 Å². The Morgan fingerprint density at radius 3 is 2.47 bits per heavy atom. The van der Waals surface area contributed by atoms with E-state index in [1.165, 1.54) is 75.8 Å². The predicted octanol–water partition coefficient (Wildman–Crippen LogP) is 10.6. The second kappa shape index (κ2) is 10.5. The molecule has 5 rings (SSSR count).